The highest BCUT2D eigenvalue weighted by Gasteiger charge is 2.13. The summed E-state index contributed by atoms with van der Waals surface area (Å²) in [6.07, 6.45) is 1.43. The predicted molar refractivity (Wildman–Crippen MR) is 106 cm³/mol. The van der Waals surface area contributed by atoms with E-state index in [1.54, 1.807) is 25.1 Å². The van der Waals surface area contributed by atoms with E-state index < -0.39 is 4.92 Å². The van der Waals surface area contributed by atoms with Gasteiger partial charge in [-0.1, -0.05) is 27.7 Å². The van der Waals surface area contributed by atoms with Gasteiger partial charge >= 0.3 is 0 Å². The van der Waals surface area contributed by atoms with E-state index >= 15 is 0 Å². The van der Waals surface area contributed by atoms with Crippen LogP contribution in [0.2, 0.25) is 0 Å². The summed E-state index contributed by atoms with van der Waals surface area (Å²) in [5.74, 6) is 0.360. The molecule has 2 N–H and O–H groups in total. The second kappa shape index (κ2) is 15.3. The lowest BCUT2D eigenvalue weighted by molar-refractivity contribution is -0.385. The van der Waals surface area contributed by atoms with Gasteiger partial charge < -0.3 is 15.2 Å². The Hall–Kier alpha value is -3.00. The molecule has 0 unspecified atom stereocenters. The number of hydrogen-bond donors (Lipinski definition) is 2. The molecule has 0 aliphatic carbocycles. The Morgan fingerprint density at radius 2 is 1.67 bits per heavy atom. The molecule has 1 amide bonds. The van der Waals surface area contributed by atoms with E-state index in [4.69, 9.17) is 9.84 Å². The summed E-state index contributed by atoms with van der Waals surface area (Å²) in [5, 5.41) is 20.4. The number of nitrogens with one attached hydrogen (secondary N) is 1. The molecule has 1 aromatic carbocycles. The van der Waals surface area contributed by atoms with Crippen LogP contribution in [0.1, 0.15) is 43.7 Å². The van der Waals surface area contributed by atoms with Crippen molar-refractivity contribution < 1.29 is 19.6 Å². The van der Waals surface area contributed by atoms with Gasteiger partial charge in [0.1, 0.15) is 17.2 Å². The van der Waals surface area contributed by atoms with Crippen LogP contribution in [0, 0.1) is 17.0 Å². The standard InChI is InChI=1S/C14H13N3O4.2C2H6.CH4O/c1-9-3-4-10(8-13(9)17(19)20)21-11-5-6-16-12(7-11)14(18)15-2;3*1-2/h3-8H,1-2H3,(H,15,18);2*1-2H3;2H,1H3. The van der Waals surface area contributed by atoms with Crippen molar-refractivity contribution in [3.63, 3.8) is 0 Å². The molecule has 1 heterocycles. The topological polar surface area (TPSA) is 115 Å². The highest BCUT2D eigenvalue weighted by molar-refractivity contribution is 5.92. The number of carbonyl (C=O) groups excluding carboxylic acids is 1. The molecule has 0 saturated carbocycles. The van der Waals surface area contributed by atoms with Gasteiger partial charge in [-0.25, -0.2) is 0 Å². The van der Waals surface area contributed by atoms with E-state index in [-0.39, 0.29) is 17.3 Å². The van der Waals surface area contributed by atoms with Crippen LogP contribution in [-0.4, -0.2) is 35.1 Å². The van der Waals surface area contributed by atoms with Crippen molar-refractivity contribution >= 4 is 11.6 Å². The molecule has 8 heteroatoms. The van der Waals surface area contributed by atoms with E-state index in [0.717, 1.165) is 7.11 Å². The molecule has 0 fully saturated rings. The largest absolute Gasteiger partial charge is 0.457 e. The number of aromatic nitrogens is 1. The van der Waals surface area contributed by atoms with Gasteiger partial charge in [0.25, 0.3) is 11.6 Å². The summed E-state index contributed by atoms with van der Waals surface area (Å²) >= 11 is 0. The Labute approximate surface area is 160 Å². The molecule has 2 rings (SSSR count). The summed E-state index contributed by atoms with van der Waals surface area (Å²) < 4.78 is 5.54. The van der Waals surface area contributed by atoms with Crippen molar-refractivity contribution in [1.82, 2.24) is 10.3 Å². The van der Waals surface area contributed by atoms with E-state index in [9.17, 15) is 14.9 Å². The number of ether oxygens (including phenoxy) is 1. The summed E-state index contributed by atoms with van der Waals surface area (Å²) in [6, 6.07) is 7.61. The molecule has 0 bridgehead atoms. The molecule has 0 aliphatic heterocycles. The predicted octanol–water partition coefficient (Wildman–Crippen LogP) is 4.11. The lowest BCUT2D eigenvalue weighted by Gasteiger charge is -2.07. The number of pyridine rings is 1. The molecule has 8 nitrogen and oxygen atoms in total. The van der Waals surface area contributed by atoms with E-state index in [0.29, 0.717) is 17.1 Å². The van der Waals surface area contributed by atoms with Crippen LogP contribution in [0.25, 0.3) is 0 Å². The molecular formula is C19H29N3O5. The molecule has 1 aromatic heterocycles. The zero-order valence-electron chi connectivity index (χ0n) is 16.9. The fourth-order valence-corrected chi connectivity index (χ4v) is 1.71. The van der Waals surface area contributed by atoms with Gasteiger partial charge in [0, 0.05) is 32.0 Å². The second-order valence-corrected chi connectivity index (χ2v) is 4.26. The van der Waals surface area contributed by atoms with Crippen molar-refractivity contribution in [2.75, 3.05) is 14.2 Å². The van der Waals surface area contributed by atoms with Crippen LogP contribution in [0.5, 0.6) is 11.5 Å². The van der Waals surface area contributed by atoms with Crippen LogP contribution in [0.15, 0.2) is 36.5 Å². The number of hydrogen-bond acceptors (Lipinski definition) is 6. The number of nitro benzene ring substituents is 1. The van der Waals surface area contributed by atoms with Gasteiger partial charge in [-0.05, 0) is 25.1 Å². The average Bonchev–Trinajstić information content (AvgIpc) is 2.73. The zero-order valence-corrected chi connectivity index (χ0v) is 16.9. The SMILES string of the molecule is CC.CC.CNC(=O)c1cc(Oc2ccc(C)c([N+](=O)[O-])c2)ccn1.CO. The fraction of sp³-hybridized carbons (Fsp3) is 0.368. The van der Waals surface area contributed by atoms with E-state index in [1.165, 1.54) is 25.4 Å². The smallest absolute Gasteiger partial charge is 0.276 e. The summed E-state index contributed by atoms with van der Waals surface area (Å²) in [6.45, 7) is 9.65. The molecule has 150 valence electrons. The second-order valence-electron chi connectivity index (χ2n) is 4.26. The van der Waals surface area contributed by atoms with Gasteiger partial charge in [0.15, 0.2) is 0 Å². The number of carbonyl (C=O) groups is 1. The Morgan fingerprint density at radius 3 is 2.19 bits per heavy atom. The minimum absolute atomic E-state index is 0.0203. The number of benzene rings is 1. The Morgan fingerprint density at radius 1 is 1.11 bits per heavy atom. The molecule has 0 saturated heterocycles. The molecule has 0 atom stereocenters. The van der Waals surface area contributed by atoms with Crippen LogP contribution in [-0.2, 0) is 0 Å². The third-order valence-corrected chi connectivity index (χ3v) is 2.80. The van der Waals surface area contributed by atoms with Crippen molar-refractivity contribution in [2.24, 2.45) is 0 Å². The monoisotopic (exact) mass is 379 g/mol. The van der Waals surface area contributed by atoms with Crippen molar-refractivity contribution in [3.8, 4) is 11.5 Å². The third-order valence-electron chi connectivity index (χ3n) is 2.80. The molecule has 0 spiro atoms. The minimum Gasteiger partial charge on any atom is -0.457 e. The number of aliphatic hydroxyl groups excluding tert-OH is 1. The van der Waals surface area contributed by atoms with Crippen molar-refractivity contribution in [1.29, 1.82) is 0 Å². The van der Waals surface area contributed by atoms with Crippen molar-refractivity contribution in [2.45, 2.75) is 34.6 Å². The number of aliphatic hydroxyl groups is 1. The van der Waals surface area contributed by atoms with Crippen LogP contribution < -0.4 is 10.1 Å². The van der Waals surface area contributed by atoms with Gasteiger partial charge in [-0.15, -0.1) is 0 Å². The molecule has 0 radical (unpaired) electrons. The summed E-state index contributed by atoms with van der Waals surface area (Å²) in [7, 11) is 2.50. The number of aryl methyl sites for hydroxylation is 1. The van der Waals surface area contributed by atoms with Gasteiger partial charge in [0.2, 0.25) is 0 Å². The number of nitro groups is 1. The van der Waals surface area contributed by atoms with E-state index in [2.05, 4.69) is 10.3 Å². The summed E-state index contributed by atoms with van der Waals surface area (Å²) in [4.78, 5) is 25.8. The molecular weight excluding hydrogens is 350 g/mol. The van der Waals surface area contributed by atoms with Gasteiger partial charge in [0.05, 0.1) is 11.0 Å². The average molecular weight is 379 g/mol. The highest BCUT2D eigenvalue weighted by atomic mass is 16.6. The maximum absolute atomic E-state index is 11.5. The highest BCUT2D eigenvalue weighted by Crippen LogP contribution is 2.27. The van der Waals surface area contributed by atoms with Crippen LogP contribution in [0.3, 0.4) is 0 Å². The Kier molecular flexibility index (Phi) is 14.8. The lowest BCUT2D eigenvalue weighted by atomic mass is 10.2. The zero-order chi connectivity index (χ0) is 21.4. The molecule has 27 heavy (non-hydrogen) atoms. The van der Waals surface area contributed by atoms with Crippen LogP contribution in [0.4, 0.5) is 5.69 Å². The number of rotatable bonds is 4. The Bertz CT molecular complexity index is 705. The first-order chi connectivity index (χ1) is 13.0. The quantitative estimate of drug-likeness (QED) is 0.610. The third kappa shape index (κ3) is 8.77. The Balaban J connectivity index is 0. The molecule has 0 aliphatic rings. The van der Waals surface area contributed by atoms with Crippen molar-refractivity contribution in [3.05, 3.63) is 57.9 Å². The summed E-state index contributed by atoms with van der Waals surface area (Å²) in [5.41, 5.74) is 0.734. The normalized spacial score (nSPS) is 8.44. The van der Waals surface area contributed by atoms with Gasteiger partial charge in [-0.2, -0.15) is 0 Å². The maximum Gasteiger partial charge on any atom is 0.276 e. The first-order valence-corrected chi connectivity index (χ1v) is 8.57. The fourth-order valence-electron chi connectivity index (χ4n) is 1.71. The first-order valence-electron chi connectivity index (χ1n) is 8.57. The lowest BCUT2D eigenvalue weighted by Crippen LogP contribution is -2.18. The van der Waals surface area contributed by atoms with Crippen LogP contribution >= 0.6 is 0 Å². The minimum atomic E-state index is -0.468. The first kappa shape index (κ1) is 26.2. The molecule has 2 aromatic rings. The van der Waals surface area contributed by atoms with E-state index in [1.807, 2.05) is 27.7 Å². The van der Waals surface area contributed by atoms with Gasteiger partial charge in [-0.3, -0.25) is 19.9 Å². The number of amides is 1. The maximum atomic E-state index is 11.5. The number of nitrogens with zero attached hydrogens (tertiary/aromatic N) is 2.